The van der Waals surface area contributed by atoms with E-state index >= 15 is 0 Å². The van der Waals surface area contributed by atoms with Gasteiger partial charge in [-0.15, -0.1) is 11.8 Å². The number of benzene rings is 2. The first-order valence-electron chi connectivity index (χ1n) is 7.42. The summed E-state index contributed by atoms with van der Waals surface area (Å²) in [4.78, 5) is 12.0. The van der Waals surface area contributed by atoms with Crippen molar-refractivity contribution in [1.82, 2.24) is 0 Å². The lowest BCUT2D eigenvalue weighted by molar-refractivity contribution is -0.113. The van der Waals surface area contributed by atoms with Crippen LogP contribution in [0.25, 0.3) is 0 Å². The second-order valence-corrected chi connectivity index (χ2v) is 6.40. The number of anilines is 1. The van der Waals surface area contributed by atoms with Crippen molar-refractivity contribution >= 4 is 23.4 Å². The summed E-state index contributed by atoms with van der Waals surface area (Å²) in [6, 6.07) is 12.4. The van der Waals surface area contributed by atoms with Crippen LogP contribution in [0.3, 0.4) is 0 Å². The van der Waals surface area contributed by atoms with Crippen LogP contribution >= 0.6 is 11.8 Å². The molecule has 0 atom stereocenters. The van der Waals surface area contributed by atoms with Gasteiger partial charge in [0.05, 0.1) is 11.4 Å². The molecule has 6 heteroatoms. The maximum absolute atomic E-state index is 12.4. The van der Waals surface area contributed by atoms with Gasteiger partial charge in [0.1, 0.15) is 5.75 Å². The van der Waals surface area contributed by atoms with E-state index in [4.69, 9.17) is 0 Å². The van der Waals surface area contributed by atoms with E-state index in [1.165, 1.54) is 35.0 Å². The number of carbonyl (C=O) groups excluding carboxylic acids is 1. The van der Waals surface area contributed by atoms with Gasteiger partial charge in [0.2, 0.25) is 5.91 Å². The number of ether oxygens (including phenoxy) is 1. The SMILES string of the molecule is Cc1cc(C)cc(CSCC(=O)Nc2ccccc2OC(F)F)c1. The second kappa shape index (κ2) is 8.68. The molecule has 0 saturated heterocycles. The van der Waals surface area contributed by atoms with E-state index in [0.717, 1.165) is 5.56 Å². The van der Waals surface area contributed by atoms with E-state index in [-0.39, 0.29) is 23.1 Å². The summed E-state index contributed by atoms with van der Waals surface area (Å²) in [6.45, 7) is 1.14. The summed E-state index contributed by atoms with van der Waals surface area (Å²) in [5.74, 6) is 0.649. The molecule has 0 heterocycles. The van der Waals surface area contributed by atoms with E-state index in [2.05, 4.69) is 28.3 Å². The van der Waals surface area contributed by atoms with E-state index in [1.807, 2.05) is 13.8 Å². The number of aryl methyl sites for hydroxylation is 2. The van der Waals surface area contributed by atoms with Crippen LogP contribution in [0.2, 0.25) is 0 Å². The third-order valence-corrected chi connectivity index (χ3v) is 4.16. The molecule has 0 aliphatic carbocycles. The van der Waals surface area contributed by atoms with Gasteiger partial charge in [-0.1, -0.05) is 41.5 Å². The van der Waals surface area contributed by atoms with E-state index in [0.29, 0.717) is 5.75 Å². The molecule has 0 aromatic heterocycles. The quantitative estimate of drug-likeness (QED) is 0.780. The van der Waals surface area contributed by atoms with Crippen LogP contribution < -0.4 is 10.1 Å². The van der Waals surface area contributed by atoms with Crippen LogP contribution in [-0.2, 0) is 10.5 Å². The van der Waals surface area contributed by atoms with Gasteiger partial charge in [-0.05, 0) is 31.5 Å². The molecule has 0 saturated carbocycles. The van der Waals surface area contributed by atoms with Gasteiger partial charge in [0, 0.05) is 5.75 Å². The molecule has 0 bridgehead atoms. The first-order valence-corrected chi connectivity index (χ1v) is 8.58. The third kappa shape index (κ3) is 5.85. The Morgan fingerprint density at radius 1 is 1.17 bits per heavy atom. The van der Waals surface area contributed by atoms with Crippen LogP contribution in [0.1, 0.15) is 16.7 Å². The average molecular weight is 351 g/mol. The van der Waals surface area contributed by atoms with Crippen LogP contribution in [0, 0.1) is 13.8 Å². The molecule has 0 unspecified atom stereocenters. The highest BCUT2D eigenvalue weighted by molar-refractivity contribution is 7.99. The standard InChI is InChI=1S/C18H19F2NO2S/c1-12-7-13(2)9-14(8-12)10-24-11-17(22)21-15-5-3-4-6-16(15)23-18(19)20/h3-9,18H,10-11H2,1-2H3,(H,21,22). The summed E-state index contributed by atoms with van der Waals surface area (Å²) in [6.07, 6.45) is 0. The molecule has 3 nitrogen and oxygen atoms in total. The summed E-state index contributed by atoms with van der Waals surface area (Å²) in [5, 5.41) is 2.61. The zero-order chi connectivity index (χ0) is 17.5. The van der Waals surface area contributed by atoms with Crippen molar-refractivity contribution in [3.05, 3.63) is 59.2 Å². The molecule has 2 aromatic rings. The monoisotopic (exact) mass is 351 g/mol. The van der Waals surface area contributed by atoms with Crippen molar-refractivity contribution in [2.24, 2.45) is 0 Å². The van der Waals surface area contributed by atoms with E-state index < -0.39 is 6.61 Å². The molecule has 128 valence electrons. The molecule has 1 N–H and O–H groups in total. The number of hydrogen-bond acceptors (Lipinski definition) is 3. The Bertz CT molecular complexity index is 687. The van der Waals surface area contributed by atoms with Gasteiger partial charge >= 0.3 is 6.61 Å². The first-order chi connectivity index (χ1) is 11.4. The van der Waals surface area contributed by atoms with Crippen molar-refractivity contribution in [1.29, 1.82) is 0 Å². The number of carbonyl (C=O) groups is 1. The van der Waals surface area contributed by atoms with E-state index in [1.54, 1.807) is 12.1 Å². The van der Waals surface area contributed by atoms with Crippen molar-refractivity contribution in [2.45, 2.75) is 26.2 Å². The van der Waals surface area contributed by atoms with Gasteiger partial charge in [-0.25, -0.2) is 0 Å². The smallest absolute Gasteiger partial charge is 0.387 e. The lowest BCUT2D eigenvalue weighted by atomic mass is 10.1. The number of halogens is 2. The topological polar surface area (TPSA) is 38.3 Å². The molecule has 0 fully saturated rings. The van der Waals surface area contributed by atoms with Crippen LogP contribution in [-0.4, -0.2) is 18.3 Å². The molecule has 1 amide bonds. The summed E-state index contributed by atoms with van der Waals surface area (Å²) < 4.78 is 29.1. The normalized spacial score (nSPS) is 10.7. The molecule has 2 rings (SSSR count). The molecule has 0 radical (unpaired) electrons. The Morgan fingerprint density at radius 3 is 2.50 bits per heavy atom. The zero-order valence-corrected chi connectivity index (χ0v) is 14.3. The van der Waals surface area contributed by atoms with Gasteiger partial charge in [-0.2, -0.15) is 8.78 Å². The first kappa shape index (κ1) is 18.3. The fourth-order valence-electron chi connectivity index (χ4n) is 2.37. The van der Waals surface area contributed by atoms with Crippen LogP contribution in [0.5, 0.6) is 5.75 Å². The van der Waals surface area contributed by atoms with Crippen molar-refractivity contribution < 1.29 is 18.3 Å². The number of amides is 1. The van der Waals surface area contributed by atoms with Gasteiger partial charge in [0.15, 0.2) is 0 Å². The number of alkyl halides is 2. The second-order valence-electron chi connectivity index (χ2n) is 5.41. The largest absolute Gasteiger partial charge is 0.433 e. The fourth-order valence-corrected chi connectivity index (χ4v) is 3.13. The minimum absolute atomic E-state index is 0.0415. The highest BCUT2D eigenvalue weighted by Crippen LogP contribution is 2.25. The summed E-state index contributed by atoms with van der Waals surface area (Å²) in [5.41, 5.74) is 3.78. The fraction of sp³-hybridized carbons (Fsp3) is 0.278. The van der Waals surface area contributed by atoms with Crippen LogP contribution in [0.15, 0.2) is 42.5 Å². The highest BCUT2D eigenvalue weighted by Gasteiger charge is 2.11. The van der Waals surface area contributed by atoms with Crippen molar-refractivity contribution in [3.63, 3.8) is 0 Å². The minimum Gasteiger partial charge on any atom is -0.433 e. The predicted octanol–water partition coefficient (Wildman–Crippen LogP) is 4.78. The summed E-state index contributed by atoms with van der Waals surface area (Å²) in [7, 11) is 0. The maximum atomic E-state index is 12.4. The minimum atomic E-state index is -2.93. The number of para-hydroxylation sites is 2. The van der Waals surface area contributed by atoms with Gasteiger partial charge in [-0.3, -0.25) is 4.79 Å². The number of hydrogen-bond donors (Lipinski definition) is 1. The van der Waals surface area contributed by atoms with Gasteiger partial charge < -0.3 is 10.1 Å². The average Bonchev–Trinajstić information content (AvgIpc) is 2.48. The van der Waals surface area contributed by atoms with E-state index in [9.17, 15) is 13.6 Å². The zero-order valence-electron chi connectivity index (χ0n) is 13.5. The predicted molar refractivity (Wildman–Crippen MR) is 93.8 cm³/mol. The third-order valence-electron chi connectivity index (χ3n) is 3.16. The Balaban J connectivity index is 1.87. The Morgan fingerprint density at radius 2 is 1.83 bits per heavy atom. The molecular weight excluding hydrogens is 332 g/mol. The molecule has 0 spiro atoms. The number of rotatable bonds is 7. The highest BCUT2D eigenvalue weighted by atomic mass is 32.2. The van der Waals surface area contributed by atoms with Crippen molar-refractivity contribution in [3.8, 4) is 5.75 Å². The Hall–Kier alpha value is -2.08. The molecule has 0 aliphatic heterocycles. The van der Waals surface area contributed by atoms with Crippen molar-refractivity contribution in [2.75, 3.05) is 11.1 Å². The van der Waals surface area contributed by atoms with Crippen LogP contribution in [0.4, 0.5) is 14.5 Å². The molecule has 2 aromatic carbocycles. The summed E-state index contributed by atoms with van der Waals surface area (Å²) >= 11 is 1.47. The number of nitrogens with one attached hydrogen (secondary N) is 1. The lowest BCUT2D eigenvalue weighted by Crippen LogP contribution is -2.15. The molecule has 24 heavy (non-hydrogen) atoms. The Kier molecular flexibility index (Phi) is 6.61. The number of thioether (sulfide) groups is 1. The van der Waals surface area contributed by atoms with Gasteiger partial charge in [0.25, 0.3) is 0 Å². The molecule has 0 aliphatic rings. The molecular formula is C18H19F2NO2S. The maximum Gasteiger partial charge on any atom is 0.387 e. The Labute approximate surface area is 144 Å². The lowest BCUT2D eigenvalue weighted by Gasteiger charge is -2.11.